The molecule has 0 radical (unpaired) electrons. The van der Waals surface area contributed by atoms with Crippen LogP contribution in [-0.2, 0) is 0 Å². The van der Waals surface area contributed by atoms with Gasteiger partial charge in [0.25, 0.3) is 0 Å². The molecule has 0 fully saturated rings. The van der Waals surface area contributed by atoms with E-state index in [4.69, 9.17) is 19.4 Å². The van der Waals surface area contributed by atoms with Crippen molar-refractivity contribution in [2.45, 2.75) is 0 Å². The van der Waals surface area contributed by atoms with Crippen LogP contribution in [0.25, 0.3) is 115 Å². The lowest BCUT2D eigenvalue weighted by molar-refractivity contribution is 0.669. The van der Waals surface area contributed by atoms with Gasteiger partial charge in [0.15, 0.2) is 17.5 Å². The van der Waals surface area contributed by atoms with Crippen LogP contribution in [0, 0.1) is 0 Å². The van der Waals surface area contributed by atoms with Gasteiger partial charge in [-0.25, -0.2) is 15.0 Å². The Labute approximate surface area is 330 Å². The van der Waals surface area contributed by atoms with Crippen LogP contribution in [-0.4, -0.2) is 19.5 Å². The number of hydrogen-bond acceptors (Lipinski definition) is 5. The van der Waals surface area contributed by atoms with Gasteiger partial charge in [-0.05, 0) is 42.0 Å². The summed E-state index contributed by atoms with van der Waals surface area (Å²) in [6.45, 7) is 0. The first kappa shape index (κ1) is 31.9. The van der Waals surface area contributed by atoms with E-state index in [9.17, 15) is 0 Å². The van der Waals surface area contributed by atoms with Gasteiger partial charge in [0.05, 0.1) is 22.1 Å². The fourth-order valence-corrected chi connectivity index (χ4v) is 9.81. The van der Waals surface area contributed by atoms with Crippen molar-refractivity contribution in [3.05, 3.63) is 182 Å². The SMILES string of the molecule is c1ccc(-c2nc(-c3ccccc3)nc(-c3ccc4oc5cccc(-c6cccc7c6sc6ccccc67)c5c4c3-n3c4ccccc4c4ccccc43)n2)cc1. The van der Waals surface area contributed by atoms with Gasteiger partial charge in [-0.15, -0.1) is 11.3 Å². The molecule has 0 saturated heterocycles. The summed E-state index contributed by atoms with van der Waals surface area (Å²) in [5, 5.41) is 6.93. The molecule has 0 N–H and O–H groups in total. The third-order valence-corrected chi connectivity index (χ3v) is 12.3. The molecule has 6 heteroatoms. The Morgan fingerprint density at radius 3 is 1.63 bits per heavy atom. The minimum Gasteiger partial charge on any atom is -0.456 e. The summed E-state index contributed by atoms with van der Waals surface area (Å²) in [5.41, 5.74) is 9.78. The average molecular weight is 747 g/mol. The van der Waals surface area contributed by atoms with E-state index in [2.05, 4.69) is 150 Å². The number of furan rings is 1. The van der Waals surface area contributed by atoms with E-state index in [-0.39, 0.29) is 0 Å². The number of hydrogen-bond donors (Lipinski definition) is 0. The second-order valence-corrected chi connectivity index (χ2v) is 15.4. The van der Waals surface area contributed by atoms with Gasteiger partial charge in [-0.3, -0.25) is 0 Å². The highest BCUT2D eigenvalue weighted by atomic mass is 32.1. The Hall–Kier alpha value is -7.41. The lowest BCUT2D eigenvalue weighted by atomic mass is 9.96. The highest BCUT2D eigenvalue weighted by Gasteiger charge is 2.26. The molecule has 12 aromatic rings. The molecule has 0 aliphatic rings. The number of thiophene rings is 1. The minimum absolute atomic E-state index is 0.583. The summed E-state index contributed by atoms with van der Waals surface area (Å²) < 4.78 is 11.8. The van der Waals surface area contributed by atoms with Crippen LogP contribution in [0.1, 0.15) is 0 Å². The second kappa shape index (κ2) is 12.6. The van der Waals surface area contributed by atoms with Crippen molar-refractivity contribution in [3.63, 3.8) is 0 Å². The predicted molar refractivity (Wildman–Crippen MR) is 236 cm³/mol. The van der Waals surface area contributed by atoms with Gasteiger partial charge >= 0.3 is 0 Å². The average Bonchev–Trinajstić information content (AvgIpc) is 3.96. The molecule has 0 amide bonds. The zero-order chi connectivity index (χ0) is 37.5. The van der Waals surface area contributed by atoms with Crippen LogP contribution >= 0.6 is 11.3 Å². The molecular weight excluding hydrogens is 717 g/mol. The number of aromatic nitrogens is 4. The van der Waals surface area contributed by atoms with Crippen LogP contribution in [0.5, 0.6) is 0 Å². The smallest absolute Gasteiger partial charge is 0.166 e. The van der Waals surface area contributed by atoms with Crippen LogP contribution in [0.15, 0.2) is 186 Å². The zero-order valence-corrected chi connectivity index (χ0v) is 31.2. The Balaban J connectivity index is 1.25. The van der Waals surface area contributed by atoms with Crippen LogP contribution in [0.3, 0.4) is 0 Å². The van der Waals surface area contributed by atoms with E-state index in [1.165, 1.54) is 36.5 Å². The van der Waals surface area contributed by atoms with Crippen molar-refractivity contribution < 1.29 is 4.42 Å². The maximum atomic E-state index is 6.86. The van der Waals surface area contributed by atoms with Crippen molar-refractivity contribution >= 4 is 75.3 Å². The largest absolute Gasteiger partial charge is 0.456 e. The van der Waals surface area contributed by atoms with E-state index in [1.807, 2.05) is 47.7 Å². The molecule has 4 aromatic heterocycles. The molecule has 0 bridgehead atoms. The summed E-state index contributed by atoms with van der Waals surface area (Å²) in [4.78, 5) is 15.6. The predicted octanol–water partition coefficient (Wildman–Crippen LogP) is 13.9. The van der Waals surface area contributed by atoms with Crippen molar-refractivity contribution in [2.24, 2.45) is 0 Å². The Kier molecular flexibility index (Phi) is 7.03. The summed E-state index contributed by atoms with van der Waals surface area (Å²) in [6, 6.07) is 63.6. The molecule has 5 nitrogen and oxygen atoms in total. The minimum atomic E-state index is 0.583. The highest BCUT2D eigenvalue weighted by Crippen LogP contribution is 2.48. The Morgan fingerprint density at radius 1 is 0.386 bits per heavy atom. The molecule has 0 aliphatic heterocycles. The molecule has 266 valence electrons. The van der Waals surface area contributed by atoms with Crippen molar-refractivity contribution in [2.75, 3.05) is 0 Å². The highest BCUT2D eigenvalue weighted by molar-refractivity contribution is 7.26. The first-order valence-electron chi connectivity index (χ1n) is 19.0. The van der Waals surface area contributed by atoms with Crippen molar-refractivity contribution in [1.29, 1.82) is 0 Å². The van der Waals surface area contributed by atoms with Gasteiger partial charge in [0.2, 0.25) is 0 Å². The van der Waals surface area contributed by atoms with E-state index in [1.54, 1.807) is 0 Å². The van der Waals surface area contributed by atoms with Gasteiger partial charge in [0.1, 0.15) is 11.2 Å². The first-order valence-corrected chi connectivity index (χ1v) is 19.8. The summed E-state index contributed by atoms with van der Waals surface area (Å²) in [7, 11) is 0. The van der Waals surface area contributed by atoms with Crippen LogP contribution < -0.4 is 0 Å². The number of rotatable bonds is 5. The van der Waals surface area contributed by atoms with E-state index < -0.39 is 0 Å². The molecule has 0 aliphatic carbocycles. The lowest BCUT2D eigenvalue weighted by Crippen LogP contribution is -2.04. The number of fused-ring (bicyclic) bond motifs is 9. The van der Waals surface area contributed by atoms with Gasteiger partial charge in [-0.2, -0.15) is 0 Å². The third-order valence-electron chi connectivity index (χ3n) is 11.1. The number of benzene rings is 8. The molecule has 8 aromatic carbocycles. The Bertz CT molecular complexity index is 3420. The first-order chi connectivity index (χ1) is 28.3. The van der Waals surface area contributed by atoms with E-state index >= 15 is 0 Å². The molecule has 4 heterocycles. The molecule has 57 heavy (non-hydrogen) atoms. The standard InChI is InChI=1S/C51H30N4OS/c1-3-15-31(16-4-1)49-52-50(32-17-5-2-6-18-32)54-51(53-49)39-29-30-43-46(47(39)55-40-25-10-7-19-33(40)34-20-8-11-26-41(34)55)45-36(22-14-27-42(45)56-43)38-24-13-23-37-35-21-9-12-28-44(35)57-48(37)38/h1-30H. The molecule has 0 unspecified atom stereocenters. The van der Waals surface area contributed by atoms with Crippen LogP contribution in [0.4, 0.5) is 0 Å². The van der Waals surface area contributed by atoms with E-state index in [0.29, 0.717) is 17.5 Å². The summed E-state index contributed by atoms with van der Waals surface area (Å²) in [6.07, 6.45) is 0. The fraction of sp³-hybridized carbons (Fsp3) is 0. The van der Waals surface area contributed by atoms with Gasteiger partial charge in [0, 0.05) is 58.6 Å². The number of para-hydroxylation sites is 2. The van der Waals surface area contributed by atoms with Crippen molar-refractivity contribution in [3.8, 4) is 51.0 Å². The zero-order valence-electron chi connectivity index (χ0n) is 30.4. The topological polar surface area (TPSA) is 56.7 Å². The van der Waals surface area contributed by atoms with Gasteiger partial charge in [-0.1, -0.05) is 146 Å². The molecule has 12 rings (SSSR count). The monoisotopic (exact) mass is 746 g/mol. The molecule has 0 spiro atoms. The Morgan fingerprint density at radius 2 is 0.930 bits per heavy atom. The van der Waals surface area contributed by atoms with Crippen LogP contribution in [0.2, 0.25) is 0 Å². The maximum absolute atomic E-state index is 6.86. The summed E-state index contributed by atoms with van der Waals surface area (Å²) in [5.74, 6) is 1.81. The number of nitrogens with zero attached hydrogens (tertiary/aromatic N) is 4. The lowest BCUT2D eigenvalue weighted by Gasteiger charge is -2.16. The normalized spacial score (nSPS) is 11.9. The van der Waals surface area contributed by atoms with E-state index in [0.717, 1.165) is 60.9 Å². The summed E-state index contributed by atoms with van der Waals surface area (Å²) >= 11 is 1.84. The second-order valence-electron chi connectivity index (χ2n) is 14.3. The molecular formula is C51H30N4OS. The maximum Gasteiger partial charge on any atom is 0.166 e. The van der Waals surface area contributed by atoms with Gasteiger partial charge < -0.3 is 8.98 Å². The molecule has 0 atom stereocenters. The van der Waals surface area contributed by atoms with Crippen molar-refractivity contribution in [1.82, 2.24) is 19.5 Å². The third kappa shape index (κ3) is 4.91. The fourth-order valence-electron chi connectivity index (χ4n) is 8.58. The quantitative estimate of drug-likeness (QED) is 0.176. The molecule has 0 saturated carbocycles.